The lowest BCUT2D eigenvalue weighted by Crippen LogP contribution is -2.17. The fourth-order valence-electron chi connectivity index (χ4n) is 6.88. The quantitative estimate of drug-likeness (QED) is 0.167. The molecule has 0 radical (unpaired) electrons. The Kier molecular flexibility index (Phi) is 11.3. The van der Waals surface area contributed by atoms with Crippen LogP contribution in [0.2, 0.25) is 0 Å². The van der Waals surface area contributed by atoms with Crippen LogP contribution in [0.3, 0.4) is 0 Å². The molecule has 2 aromatic carbocycles. The number of allylic oxidation sites excluding steroid dienone is 2. The molecule has 57 heavy (non-hydrogen) atoms. The topological polar surface area (TPSA) is 173 Å². The summed E-state index contributed by atoms with van der Waals surface area (Å²) in [5, 5.41) is 23.3. The van der Waals surface area contributed by atoms with Gasteiger partial charge in [-0.3, -0.25) is 9.59 Å². The van der Waals surface area contributed by atoms with Crippen molar-refractivity contribution in [2.75, 3.05) is 31.0 Å². The highest BCUT2D eigenvalue weighted by atomic mass is 79.9. The molecule has 0 fully saturated rings. The molecule has 1 unspecified atom stereocenters. The van der Waals surface area contributed by atoms with Crippen LogP contribution in [-0.2, 0) is 13.1 Å². The predicted octanol–water partition coefficient (Wildman–Crippen LogP) is 7.34. The van der Waals surface area contributed by atoms with Gasteiger partial charge in [-0.1, -0.05) is 34.1 Å². The summed E-state index contributed by atoms with van der Waals surface area (Å²) in [6.07, 6.45) is 11.2. The van der Waals surface area contributed by atoms with Crippen molar-refractivity contribution < 1.29 is 23.8 Å². The van der Waals surface area contributed by atoms with Crippen molar-refractivity contribution in [2.24, 2.45) is 0 Å². The van der Waals surface area contributed by atoms with Crippen LogP contribution in [0.15, 0.2) is 96.0 Å². The van der Waals surface area contributed by atoms with Crippen molar-refractivity contribution in [1.29, 1.82) is 0 Å². The zero-order chi connectivity index (χ0) is 39.1. The predicted molar refractivity (Wildman–Crippen MR) is 216 cm³/mol. The van der Waals surface area contributed by atoms with Crippen molar-refractivity contribution in [1.82, 2.24) is 39.5 Å². The number of nitrogens with zero attached hydrogens (tertiary/aromatic N) is 8. The van der Waals surface area contributed by atoms with Crippen LogP contribution < -0.4 is 24.8 Å². The van der Waals surface area contributed by atoms with E-state index in [1.165, 1.54) is 0 Å². The molecule has 2 aliphatic rings. The highest BCUT2D eigenvalue weighted by molar-refractivity contribution is 9.10. The van der Waals surface area contributed by atoms with Crippen molar-refractivity contribution in [3.05, 3.63) is 113 Å². The molecule has 8 rings (SSSR count). The van der Waals surface area contributed by atoms with Crippen LogP contribution in [0, 0.1) is 0 Å². The summed E-state index contributed by atoms with van der Waals surface area (Å²) < 4.78 is 22.4. The van der Waals surface area contributed by atoms with Crippen LogP contribution in [0.4, 0.5) is 11.6 Å². The van der Waals surface area contributed by atoms with E-state index in [1.807, 2.05) is 39.5 Å². The number of hydrogen-bond acceptors (Lipinski definition) is 11. The number of amides is 2. The normalized spacial score (nSPS) is 16.9. The first-order chi connectivity index (χ1) is 27.9. The molecular formula is C41H39BrN10O5. The molecule has 2 N–H and O–H groups in total. The van der Waals surface area contributed by atoms with Crippen LogP contribution in [0.5, 0.6) is 17.2 Å². The fourth-order valence-corrected chi connectivity index (χ4v) is 7.25. The van der Waals surface area contributed by atoms with Crippen LogP contribution >= 0.6 is 15.9 Å². The molecular weight excluding hydrogens is 792 g/mol. The smallest absolute Gasteiger partial charge is 0.260 e. The number of halogens is 1. The maximum atomic E-state index is 14.0. The third-order valence-corrected chi connectivity index (χ3v) is 10.3. The lowest BCUT2D eigenvalue weighted by atomic mass is 9.91. The second-order valence-electron chi connectivity index (χ2n) is 13.6. The standard InChI is InChI=1S/C41H39BrN10O5/c1-55-29-12-14-35-31(23-29)41(54)47-36-10-6-9-32(45-36)38-49-44-25-52(38)17-15-26(8-7-19-57-35)27-20-33-39-50-43-24-51(39)16-4-2-3-5-18-56-34-13-11-28(42)22-30(34)40(53)48-37(21-27)46-33/h2,4,6,9-14,20-26H,3,5,7-8,15-19H2,1H3,(H,45,47,54)(H,46,48,53)/b4-2-. The first kappa shape index (κ1) is 37.5. The van der Waals surface area contributed by atoms with Gasteiger partial charge in [-0.2, -0.15) is 0 Å². The molecule has 6 aromatic rings. The van der Waals surface area contributed by atoms with E-state index in [1.54, 1.807) is 56.2 Å². The Morgan fingerprint density at radius 1 is 0.754 bits per heavy atom. The zero-order valence-electron chi connectivity index (χ0n) is 31.1. The molecule has 6 heterocycles. The molecule has 4 bridgehead atoms. The van der Waals surface area contributed by atoms with E-state index < -0.39 is 0 Å². The van der Waals surface area contributed by atoms with E-state index in [9.17, 15) is 9.59 Å². The summed E-state index contributed by atoms with van der Waals surface area (Å²) in [6.45, 7) is 1.89. The molecule has 0 saturated heterocycles. The van der Waals surface area contributed by atoms with Crippen molar-refractivity contribution in [3.8, 4) is 40.3 Å². The number of rotatable bonds is 2. The third kappa shape index (κ3) is 8.70. The number of pyridine rings is 2. The maximum absolute atomic E-state index is 14.0. The average Bonchev–Trinajstić information content (AvgIpc) is 3.90. The largest absolute Gasteiger partial charge is 0.497 e. The minimum Gasteiger partial charge on any atom is -0.497 e. The van der Waals surface area contributed by atoms with Crippen molar-refractivity contribution >= 4 is 39.4 Å². The molecule has 16 heteroatoms. The SMILES string of the molecule is COc1ccc2c(c1)C(=O)Nc1cccc(n1)-c1nncn1CCC(c1cc3nc(c1)-c1nncn1C/C=C\CCCOc1ccc(Br)cc1C(=O)N3)CCCO2. The van der Waals surface area contributed by atoms with Gasteiger partial charge in [0.1, 0.15) is 52.9 Å². The Bertz CT molecular complexity index is 2450. The number of methoxy groups -OCH3 is 1. The van der Waals surface area contributed by atoms with Crippen LogP contribution in [0.1, 0.15) is 64.3 Å². The van der Waals surface area contributed by atoms with Gasteiger partial charge in [-0.15, -0.1) is 20.4 Å². The number of nitrogens with one attached hydrogen (secondary N) is 2. The number of carbonyl (C=O) groups excluding carboxylic acids is 2. The summed E-state index contributed by atoms with van der Waals surface area (Å²) in [4.78, 5) is 37.2. The van der Waals surface area contributed by atoms with Gasteiger partial charge >= 0.3 is 0 Å². The Balaban J connectivity index is 1.19. The van der Waals surface area contributed by atoms with Gasteiger partial charge in [-0.05, 0) is 104 Å². The summed E-state index contributed by atoms with van der Waals surface area (Å²) >= 11 is 3.52. The average molecular weight is 832 g/mol. The first-order valence-corrected chi connectivity index (χ1v) is 19.5. The number of hydrogen-bond donors (Lipinski definition) is 2. The van der Waals surface area contributed by atoms with Gasteiger partial charge in [0.25, 0.3) is 11.8 Å². The van der Waals surface area contributed by atoms with E-state index in [4.69, 9.17) is 24.2 Å². The van der Waals surface area contributed by atoms with Crippen molar-refractivity contribution in [2.45, 2.75) is 51.1 Å². The van der Waals surface area contributed by atoms with Gasteiger partial charge < -0.3 is 34.0 Å². The Morgan fingerprint density at radius 2 is 1.47 bits per heavy atom. The Labute approximate surface area is 336 Å². The van der Waals surface area contributed by atoms with Crippen molar-refractivity contribution in [3.63, 3.8) is 0 Å². The Morgan fingerprint density at radius 3 is 2.30 bits per heavy atom. The van der Waals surface area contributed by atoms with Gasteiger partial charge in [-0.25, -0.2) is 9.97 Å². The maximum Gasteiger partial charge on any atom is 0.260 e. The molecule has 4 aromatic heterocycles. The van der Waals surface area contributed by atoms with E-state index in [0.717, 1.165) is 22.9 Å². The first-order valence-electron chi connectivity index (χ1n) is 18.7. The number of fused-ring (bicyclic) bond motifs is 10. The molecule has 0 saturated carbocycles. The second kappa shape index (κ2) is 17.2. The summed E-state index contributed by atoms with van der Waals surface area (Å²) in [6, 6.07) is 19.8. The molecule has 0 spiro atoms. The number of aromatic nitrogens is 8. The number of anilines is 2. The number of ether oxygens (including phenoxy) is 3. The monoisotopic (exact) mass is 830 g/mol. The van der Waals surface area contributed by atoms with E-state index in [2.05, 4.69) is 59.1 Å². The number of carbonyl (C=O) groups is 2. The number of benzene rings is 2. The Hall–Kier alpha value is -6.42. The molecule has 290 valence electrons. The van der Waals surface area contributed by atoms with Crippen LogP contribution in [-0.4, -0.2) is 71.6 Å². The third-order valence-electron chi connectivity index (χ3n) is 9.77. The fraction of sp³-hybridized carbons (Fsp3) is 0.268. The molecule has 2 aliphatic heterocycles. The van der Waals surface area contributed by atoms with Gasteiger partial charge in [0.05, 0.1) is 31.5 Å². The van der Waals surface area contributed by atoms with E-state index in [0.29, 0.717) is 109 Å². The summed E-state index contributed by atoms with van der Waals surface area (Å²) in [5.74, 6) is 2.48. The van der Waals surface area contributed by atoms with E-state index in [-0.39, 0.29) is 17.7 Å². The highest BCUT2D eigenvalue weighted by Crippen LogP contribution is 2.33. The van der Waals surface area contributed by atoms with Gasteiger partial charge in [0.2, 0.25) is 0 Å². The summed E-state index contributed by atoms with van der Waals surface area (Å²) in [5.41, 5.74) is 2.75. The van der Waals surface area contributed by atoms with Gasteiger partial charge in [0, 0.05) is 17.6 Å². The zero-order valence-corrected chi connectivity index (χ0v) is 32.7. The van der Waals surface area contributed by atoms with E-state index >= 15 is 0 Å². The lowest BCUT2D eigenvalue weighted by molar-refractivity contribution is 0.101. The number of aryl methyl sites for hydroxylation is 1. The summed E-state index contributed by atoms with van der Waals surface area (Å²) in [7, 11) is 1.55. The lowest BCUT2D eigenvalue weighted by Gasteiger charge is -2.21. The minimum absolute atomic E-state index is 0.0567. The minimum atomic E-state index is -0.388. The molecule has 2 amide bonds. The highest BCUT2D eigenvalue weighted by Gasteiger charge is 2.23. The molecule has 0 aliphatic carbocycles. The van der Waals surface area contributed by atoms with Crippen LogP contribution in [0.25, 0.3) is 23.0 Å². The second-order valence-corrected chi connectivity index (χ2v) is 14.5. The van der Waals surface area contributed by atoms with Gasteiger partial charge in [0.15, 0.2) is 11.6 Å². The molecule has 15 nitrogen and oxygen atoms in total. The molecule has 1 atom stereocenters.